The first-order valence-electron chi connectivity index (χ1n) is 25.9. The van der Waals surface area contributed by atoms with Crippen molar-refractivity contribution in [3.05, 3.63) is 95.7 Å². The Morgan fingerprint density at radius 3 is 1.74 bits per heavy atom. The molecule has 1 fully saturated rings. The van der Waals surface area contributed by atoms with Gasteiger partial charge in [0.25, 0.3) is 0 Å². The number of anilines is 1. The molecule has 2 rings (SSSR count). The van der Waals surface area contributed by atoms with Crippen LogP contribution in [0, 0.1) is 0 Å². The summed E-state index contributed by atoms with van der Waals surface area (Å²) in [5.74, 6) is -1.40. The maximum atomic E-state index is 12.9. The molecule has 2 heterocycles. The van der Waals surface area contributed by atoms with Gasteiger partial charge in [-0.25, -0.2) is 13.9 Å². The number of hydrogen-bond donors (Lipinski definition) is 5. The summed E-state index contributed by atoms with van der Waals surface area (Å²) in [6.45, 7) is 2.04. The van der Waals surface area contributed by atoms with Gasteiger partial charge in [-0.2, -0.15) is 9.29 Å². The number of phosphoric acid groups is 2. The molecule has 1 aromatic heterocycles. The Morgan fingerprint density at radius 1 is 0.667 bits per heavy atom. The molecule has 0 bridgehead atoms. The van der Waals surface area contributed by atoms with Gasteiger partial charge in [-0.3, -0.25) is 23.2 Å². The topological polar surface area (TPSA) is 265 Å². The van der Waals surface area contributed by atoms with Crippen molar-refractivity contribution in [1.82, 2.24) is 9.55 Å². The molecule has 6 N–H and O–H groups in total. The molecule has 0 radical (unpaired) electrons. The van der Waals surface area contributed by atoms with Crippen molar-refractivity contribution in [3.63, 3.8) is 0 Å². The molecule has 0 saturated carbocycles. The number of carbonyl (C=O) groups excluding carboxylic acids is 2. The Balaban J connectivity index is 1.83. The molecule has 7 atom stereocenters. The smallest absolute Gasteiger partial charge is 0.462 e. The average molecular weight is 1050 g/mol. The predicted octanol–water partition coefficient (Wildman–Crippen LogP) is 10.9. The number of nitrogen functional groups attached to an aromatic ring is 1. The lowest BCUT2D eigenvalue weighted by molar-refractivity contribution is -0.161. The fourth-order valence-corrected chi connectivity index (χ4v) is 9.34. The Labute approximate surface area is 427 Å². The van der Waals surface area contributed by atoms with Crippen molar-refractivity contribution in [3.8, 4) is 0 Å². The van der Waals surface area contributed by atoms with Gasteiger partial charge in [0, 0.05) is 19.0 Å². The Hall–Kier alpha value is -3.80. The molecule has 1 aromatic rings. The van der Waals surface area contributed by atoms with Crippen molar-refractivity contribution < 1.29 is 66.3 Å². The van der Waals surface area contributed by atoms with Crippen LogP contribution in [0.25, 0.3) is 0 Å². The van der Waals surface area contributed by atoms with Crippen LogP contribution in [0.15, 0.2) is 90.0 Å². The summed E-state index contributed by atoms with van der Waals surface area (Å²) in [6, 6.07) is 1.24. The summed E-state index contributed by atoms with van der Waals surface area (Å²) >= 11 is 0. The van der Waals surface area contributed by atoms with Crippen molar-refractivity contribution in [2.75, 3.05) is 25.6 Å². The number of aromatic nitrogens is 2. The number of allylic oxidation sites excluding steroid dienone is 12. The van der Waals surface area contributed by atoms with Crippen LogP contribution in [0.3, 0.4) is 0 Å². The highest BCUT2D eigenvalue weighted by atomic mass is 31.3. The molecule has 0 amide bonds. The highest BCUT2D eigenvalue weighted by Crippen LogP contribution is 2.60. The van der Waals surface area contributed by atoms with E-state index < -0.39 is 83.7 Å². The molecule has 1 aliphatic rings. The van der Waals surface area contributed by atoms with E-state index in [1.165, 1.54) is 51.0 Å². The predicted molar refractivity (Wildman–Crippen MR) is 279 cm³/mol. The molecule has 1 aliphatic heterocycles. The first kappa shape index (κ1) is 64.3. The Bertz CT molecular complexity index is 1990. The summed E-state index contributed by atoms with van der Waals surface area (Å²) in [5, 5.41) is 20.9. The summed E-state index contributed by atoms with van der Waals surface area (Å²) in [5.41, 5.74) is 4.58. The minimum absolute atomic E-state index is 0.000107. The third kappa shape index (κ3) is 31.7. The van der Waals surface area contributed by atoms with Crippen molar-refractivity contribution >= 4 is 33.4 Å². The van der Waals surface area contributed by atoms with Crippen molar-refractivity contribution in [2.24, 2.45) is 0 Å². The highest BCUT2D eigenvalue weighted by Gasteiger charge is 2.46. The summed E-state index contributed by atoms with van der Waals surface area (Å²) < 4.78 is 56.7. The lowest BCUT2D eigenvalue weighted by atomic mass is 10.1. The Morgan fingerprint density at radius 2 is 1.15 bits per heavy atom. The number of esters is 2. The van der Waals surface area contributed by atoms with Crippen molar-refractivity contribution in [1.29, 1.82) is 0 Å². The number of aliphatic hydroxyl groups excluding tert-OH is 2. The minimum Gasteiger partial charge on any atom is -0.462 e. The van der Waals surface area contributed by atoms with Crippen LogP contribution in [-0.2, 0) is 46.3 Å². The van der Waals surface area contributed by atoms with Crippen LogP contribution < -0.4 is 11.4 Å². The molecule has 72 heavy (non-hydrogen) atoms. The zero-order chi connectivity index (χ0) is 52.7. The second-order valence-corrected chi connectivity index (χ2v) is 20.7. The summed E-state index contributed by atoms with van der Waals surface area (Å²) in [6.07, 6.45) is 41.3. The van der Waals surface area contributed by atoms with E-state index in [1.54, 1.807) is 0 Å². The van der Waals surface area contributed by atoms with Crippen LogP contribution in [0.2, 0.25) is 0 Å². The van der Waals surface area contributed by atoms with Gasteiger partial charge in [0.2, 0.25) is 0 Å². The van der Waals surface area contributed by atoms with Crippen LogP contribution in [0.1, 0.15) is 174 Å². The van der Waals surface area contributed by atoms with Gasteiger partial charge in [0.05, 0.1) is 13.2 Å². The molecule has 0 aliphatic carbocycles. The molecule has 1 saturated heterocycles. The molecule has 0 spiro atoms. The highest BCUT2D eigenvalue weighted by molar-refractivity contribution is 7.61. The Kier molecular flexibility index (Phi) is 35.4. The zero-order valence-electron chi connectivity index (χ0n) is 42.7. The number of ether oxygens (including phenoxy) is 3. The molecular formula is C52H85N3O15P2. The van der Waals surface area contributed by atoms with E-state index in [4.69, 9.17) is 29.0 Å². The number of hydrogen-bond acceptors (Lipinski definition) is 15. The largest absolute Gasteiger partial charge is 0.481 e. The van der Waals surface area contributed by atoms with E-state index in [2.05, 4.69) is 77.8 Å². The maximum absolute atomic E-state index is 12.9. The molecule has 408 valence electrons. The maximum Gasteiger partial charge on any atom is 0.481 e. The monoisotopic (exact) mass is 1050 g/mol. The lowest BCUT2D eigenvalue weighted by Crippen LogP contribution is -2.36. The van der Waals surface area contributed by atoms with E-state index >= 15 is 0 Å². The van der Waals surface area contributed by atoms with E-state index in [9.17, 15) is 43.5 Å². The third-order valence-electron chi connectivity index (χ3n) is 11.3. The fraction of sp³-hybridized carbons (Fsp3) is 0.654. The normalized spacial score (nSPS) is 19.6. The van der Waals surface area contributed by atoms with E-state index in [1.807, 2.05) is 18.2 Å². The van der Waals surface area contributed by atoms with E-state index in [0.29, 0.717) is 19.3 Å². The second-order valence-electron chi connectivity index (χ2n) is 17.7. The molecule has 0 aromatic carbocycles. The van der Waals surface area contributed by atoms with Crippen LogP contribution >= 0.6 is 15.6 Å². The molecule has 20 heteroatoms. The van der Waals surface area contributed by atoms with Gasteiger partial charge in [-0.15, -0.1) is 0 Å². The van der Waals surface area contributed by atoms with Gasteiger partial charge in [-0.1, -0.05) is 151 Å². The van der Waals surface area contributed by atoms with Crippen LogP contribution in [0.4, 0.5) is 5.82 Å². The summed E-state index contributed by atoms with van der Waals surface area (Å²) in [7, 11) is -10.9. The first-order valence-corrected chi connectivity index (χ1v) is 28.9. The van der Waals surface area contributed by atoms with Gasteiger partial charge in [0.15, 0.2) is 12.3 Å². The number of unbranched alkanes of at least 4 members (excludes halogenated alkanes) is 14. The van der Waals surface area contributed by atoms with Gasteiger partial charge in [-0.05, 0) is 83.1 Å². The summed E-state index contributed by atoms with van der Waals surface area (Å²) in [4.78, 5) is 61.9. The van der Waals surface area contributed by atoms with Crippen molar-refractivity contribution in [2.45, 2.75) is 199 Å². The number of nitrogens with two attached hydrogens (primary N) is 1. The standard InChI is InChI=1S/C52H85N3O15P2/c1-3-5-7-9-11-13-15-17-19-20-21-22-24-25-27-29-31-33-35-37-47(56)65-41-44(68-48(57)38-36-34-32-30-28-26-23-18-16-14-12-10-8-6-4-2)42-66-71(61,62)70-72(63,64)67-43-45-49(58)50(59)51(69-45)55-40-39-46(53)54-52(55)60/h11,13-14,16-17,19,21-22,25,27,31,33,39-40,44-45,49-51,58-59H,3-10,12,15,18,20,23-24,26,28-30,32,34-38,41-43H2,1-2H3,(H,61,62)(H,63,64)(H2,53,54,60)/b13-11-,16-14-,19-17-,22-21-,27-25-,33-31-/t44-,45-,49+,50?,51-/m1/s1. The lowest BCUT2D eigenvalue weighted by Gasteiger charge is -2.21. The number of carbonyl (C=O) groups is 2. The van der Waals surface area contributed by atoms with Gasteiger partial charge < -0.3 is 39.9 Å². The fourth-order valence-electron chi connectivity index (χ4n) is 7.23. The molecule has 18 nitrogen and oxygen atoms in total. The third-order valence-corrected chi connectivity index (χ3v) is 13.9. The quantitative estimate of drug-likeness (QED) is 0.0176. The van der Waals surface area contributed by atoms with Gasteiger partial charge in [0.1, 0.15) is 30.7 Å². The first-order chi connectivity index (χ1) is 34.7. The SMILES string of the molecule is CCCCC/C=C\C/C=C\C/C=C\C/C=C\C/C=C\CCC(=O)OC[C@H](COP(=O)(O)OP(=O)(O)OC[C@H]1O[C@@H](n2ccc(N)nc2=O)C(O)[C@H]1O)OC(=O)CCCCCCCCC/C=C\CCCCCC. The minimum atomic E-state index is -5.44. The van der Waals surface area contributed by atoms with Crippen LogP contribution in [-0.4, -0.2) is 85.7 Å². The molecule has 3 unspecified atom stereocenters. The number of phosphoric ester groups is 2. The van der Waals surface area contributed by atoms with Gasteiger partial charge >= 0.3 is 33.3 Å². The zero-order valence-corrected chi connectivity index (χ0v) is 44.5. The van der Waals surface area contributed by atoms with Crippen LogP contribution in [0.5, 0.6) is 0 Å². The number of aliphatic hydroxyl groups is 2. The second kappa shape index (κ2) is 39.6. The number of nitrogens with zero attached hydrogens (tertiary/aromatic N) is 2. The van der Waals surface area contributed by atoms with E-state index in [-0.39, 0.29) is 18.7 Å². The van der Waals surface area contributed by atoms with E-state index in [0.717, 1.165) is 87.8 Å². The molecular weight excluding hydrogens is 969 g/mol. The number of rotatable bonds is 42. The average Bonchev–Trinajstić information content (AvgIpc) is 3.62.